The molecule has 0 amide bonds. The first-order valence-electron chi connectivity index (χ1n) is 6.15. The number of anilines is 2. The maximum atomic E-state index is 8.99. The standard InChI is InChI=1S/C12H22N4O2/c1-4-13-12-14-9(2)7-11(16-12)15-10(5-6-17)8-18-3/h7,10,17H,4-6,8H2,1-3H3,(H2,13,14,15,16). The first kappa shape index (κ1) is 14.7. The minimum atomic E-state index is 0.0452. The number of aliphatic hydroxyl groups excluding tert-OH is 1. The Labute approximate surface area is 108 Å². The van der Waals surface area contributed by atoms with Gasteiger partial charge in [0.15, 0.2) is 0 Å². The fourth-order valence-corrected chi connectivity index (χ4v) is 1.64. The summed E-state index contributed by atoms with van der Waals surface area (Å²) in [5.74, 6) is 1.36. The second-order valence-electron chi connectivity index (χ2n) is 4.06. The van der Waals surface area contributed by atoms with Crippen LogP contribution in [-0.2, 0) is 4.74 Å². The molecule has 0 bridgehead atoms. The number of rotatable bonds is 8. The zero-order valence-corrected chi connectivity index (χ0v) is 11.2. The fourth-order valence-electron chi connectivity index (χ4n) is 1.64. The zero-order chi connectivity index (χ0) is 13.4. The van der Waals surface area contributed by atoms with Crippen LogP contribution in [0.3, 0.4) is 0 Å². The molecule has 0 spiro atoms. The lowest BCUT2D eigenvalue weighted by molar-refractivity contribution is 0.170. The molecule has 0 saturated heterocycles. The SMILES string of the molecule is CCNc1nc(C)cc(NC(CCO)COC)n1. The molecule has 0 aliphatic heterocycles. The zero-order valence-electron chi connectivity index (χ0n) is 11.2. The number of aromatic nitrogens is 2. The normalized spacial score (nSPS) is 12.2. The van der Waals surface area contributed by atoms with E-state index in [1.165, 1.54) is 0 Å². The van der Waals surface area contributed by atoms with E-state index in [0.29, 0.717) is 19.0 Å². The van der Waals surface area contributed by atoms with Crippen LogP contribution in [0.25, 0.3) is 0 Å². The molecule has 1 atom stereocenters. The topological polar surface area (TPSA) is 79.3 Å². The van der Waals surface area contributed by atoms with E-state index in [1.807, 2.05) is 19.9 Å². The predicted molar refractivity (Wildman–Crippen MR) is 71.9 cm³/mol. The Morgan fingerprint density at radius 2 is 2.22 bits per heavy atom. The average molecular weight is 254 g/mol. The van der Waals surface area contributed by atoms with E-state index in [4.69, 9.17) is 9.84 Å². The number of nitrogens with one attached hydrogen (secondary N) is 2. The molecule has 6 heteroatoms. The van der Waals surface area contributed by atoms with E-state index in [9.17, 15) is 0 Å². The molecule has 1 rings (SSSR count). The van der Waals surface area contributed by atoms with Gasteiger partial charge in [0, 0.05) is 32.0 Å². The minimum absolute atomic E-state index is 0.0452. The molecule has 0 saturated carbocycles. The molecule has 1 unspecified atom stereocenters. The summed E-state index contributed by atoms with van der Waals surface area (Å²) in [5, 5.41) is 15.3. The first-order valence-corrected chi connectivity index (χ1v) is 6.15. The van der Waals surface area contributed by atoms with E-state index < -0.39 is 0 Å². The van der Waals surface area contributed by atoms with Gasteiger partial charge < -0.3 is 20.5 Å². The highest BCUT2D eigenvalue weighted by Gasteiger charge is 2.09. The second kappa shape index (κ2) is 7.84. The van der Waals surface area contributed by atoms with E-state index in [-0.39, 0.29) is 12.6 Å². The Balaban J connectivity index is 2.74. The maximum absolute atomic E-state index is 8.99. The lowest BCUT2D eigenvalue weighted by atomic mass is 10.2. The maximum Gasteiger partial charge on any atom is 0.224 e. The van der Waals surface area contributed by atoms with Crippen LogP contribution in [0.2, 0.25) is 0 Å². The van der Waals surface area contributed by atoms with Crippen molar-refractivity contribution in [2.45, 2.75) is 26.3 Å². The van der Waals surface area contributed by atoms with Crippen LogP contribution in [0.4, 0.5) is 11.8 Å². The van der Waals surface area contributed by atoms with Crippen molar-refractivity contribution < 1.29 is 9.84 Å². The predicted octanol–water partition coefficient (Wildman–Crippen LogP) is 1.03. The van der Waals surface area contributed by atoms with Gasteiger partial charge in [-0.15, -0.1) is 0 Å². The van der Waals surface area contributed by atoms with Gasteiger partial charge in [0.2, 0.25) is 5.95 Å². The van der Waals surface area contributed by atoms with Gasteiger partial charge in [0.1, 0.15) is 5.82 Å². The van der Waals surface area contributed by atoms with Crippen LogP contribution in [-0.4, -0.2) is 48.0 Å². The lowest BCUT2D eigenvalue weighted by Crippen LogP contribution is -2.27. The third-order valence-corrected chi connectivity index (χ3v) is 2.39. The molecule has 0 radical (unpaired) electrons. The molecule has 0 aliphatic carbocycles. The van der Waals surface area contributed by atoms with Crippen LogP contribution in [0.5, 0.6) is 0 Å². The highest BCUT2D eigenvalue weighted by molar-refractivity contribution is 5.42. The highest BCUT2D eigenvalue weighted by atomic mass is 16.5. The Bertz CT molecular complexity index is 354. The van der Waals surface area contributed by atoms with Crippen molar-refractivity contribution in [2.24, 2.45) is 0 Å². The summed E-state index contributed by atoms with van der Waals surface area (Å²) in [6.07, 6.45) is 0.618. The average Bonchev–Trinajstić information content (AvgIpc) is 2.29. The molecular weight excluding hydrogens is 232 g/mol. The Morgan fingerprint density at radius 1 is 1.44 bits per heavy atom. The van der Waals surface area contributed by atoms with Crippen LogP contribution < -0.4 is 10.6 Å². The minimum Gasteiger partial charge on any atom is -0.396 e. The van der Waals surface area contributed by atoms with Crippen molar-refractivity contribution in [1.82, 2.24) is 9.97 Å². The summed E-state index contributed by atoms with van der Waals surface area (Å²) < 4.78 is 5.10. The Hall–Kier alpha value is -1.40. The molecule has 3 N–H and O–H groups in total. The molecule has 18 heavy (non-hydrogen) atoms. The summed E-state index contributed by atoms with van der Waals surface area (Å²) in [6, 6.07) is 1.92. The molecular formula is C12H22N4O2. The highest BCUT2D eigenvalue weighted by Crippen LogP contribution is 2.11. The smallest absolute Gasteiger partial charge is 0.224 e. The summed E-state index contributed by atoms with van der Waals surface area (Å²) in [7, 11) is 1.64. The summed E-state index contributed by atoms with van der Waals surface area (Å²) in [4.78, 5) is 8.64. The Morgan fingerprint density at radius 3 is 2.83 bits per heavy atom. The van der Waals surface area contributed by atoms with Crippen LogP contribution >= 0.6 is 0 Å². The molecule has 1 heterocycles. The monoisotopic (exact) mass is 254 g/mol. The number of hydrogen-bond donors (Lipinski definition) is 3. The third-order valence-electron chi connectivity index (χ3n) is 2.39. The molecule has 0 aromatic carbocycles. The number of methoxy groups -OCH3 is 1. The third kappa shape index (κ3) is 4.85. The van der Waals surface area contributed by atoms with E-state index >= 15 is 0 Å². The van der Waals surface area contributed by atoms with Crippen LogP contribution in [0.1, 0.15) is 19.0 Å². The number of aryl methyl sites for hydroxylation is 1. The number of hydrogen-bond acceptors (Lipinski definition) is 6. The van der Waals surface area contributed by atoms with Crippen molar-refractivity contribution >= 4 is 11.8 Å². The van der Waals surface area contributed by atoms with Gasteiger partial charge in [-0.2, -0.15) is 4.98 Å². The quantitative estimate of drug-likeness (QED) is 0.643. The van der Waals surface area contributed by atoms with Gasteiger partial charge in [-0.3, -0.25) is 0 Å². The molecule has 1 aromatic heterocycles. The summed E-state index contributed by atoms with van der Waals surface area (Å²) in [5.41, 5.74) is 0.892. The molecule has 6 nitrogen and oxygen atoms in total. The number of ether oxygens (including phenoxy) is 1. The van der Waals surface area contributed by atoms with Crippen LogP contribution in [0.15, 0.2) is 6.07 Å². The van der Waals surface area contributed by atoms with Crippen molar-refractivity contribution in [3.05, 3.63) is 11.8 Å². The van der Waals surface area contributed by atoms with Gasteiger partial charge in [-0.25, -0.2) is 4.98 Å². The largest absolute Gasteiger partial charge is 0.396 e. The summed E-state index contributed by atoms with van der Waals surface area (Å²) in [6.45, 7) is 5.34. The molecule has 102 valence electrons. The van der Waals surface area contributed by atoms with Crippen LogP contribution in [0, 0.1) is 6.92 Å². The Kier molecular flexibility index (Phi) is 6.38. The van der Waals surface area contributed by atoms with E-state index in [0.717, 1.165) is 18.1 Å². The van der Waals surface area contributed by atoms with Gasteiger partial charge in [-0.1, -0.05) is 0 Å². The summed E-state index contributed by atoms with van der Waals surface area (Å²) >= 11 is 0. The van der Waals surface area contributed by atoms with Crippen molar-refractivity contribution in [3.63, 3.8) is 0 Å². The van der Waals surface area contributed by atoms with E-state index in [2.05, 4.69) is 20.6 Å². The molecule has 0 fully saturated rings. The van der Waals surface area contributed by atoms with Crippen molar-refractivity contribution in [3.8, 4) is 0 Å². The van der Waals surface area contributed by atoms with Crippen molar-refractivity contribution in [2.75, 3.05) is 37.5 Å². The fraction of sp³-hybridized carbons (Fsp3) is 0.667. The van der Waals surface area contributed by atoms with Gasteiger partial charge in [0.05, 0.1) is 12.6 Å². The van der Waals surface area contributed by atoms with E-state index in [1.54, 1.807) is 7.11 Å². The van der Waals surface area contributed by atoms with Gasteiger partial charge >= 0.3 is 0 Å². The van der Waals surface area contributed by atoms with Gasteiger partial charge in [-0.05, 0) is 20.3 Å². The molecule has 0 aliphatic rings. The molecule has 1 aromatic rings. The van der Waals surface area contributed by atoms with Crippen molar-refractivity contribution in [1.29, 1.82) is 0 Å². The number of nitrogens with zero attached hydrogens (tertiary/aromatic N) is 2. The first-order chi connectivity index (χ1) is 8.69. The lowest BCUT2D eigenvalue weighted by Gasteiger charge is -2.18. The second-order valence-corrected chi connectivity index (χ2v) is 4.06. The number of aliphatic hydroxyl groups is 1. The van der Waals surface area contributed by atoms with Gasteiger partial charge in [0.25, 0.3) is 0 Å².